The quantitative estimate of drug-likeness (QED) is 0.785. The first-order valence-electron chi connectivity index (χ1n) is 6.70. The highest BCUT2D eigenvalue weighted by Crippen LogP contribution is 2.32. The van der Waals surface area contributed by atoms with Gasteiger partial charge in [-0.05, 0) is 20.3 Å². The summed E-state index contributed by atoms with van der Waals surface area (Å²) in [7, 11) is 0. The fourth-order valence-corrected chi connectivity index (χ4v) is 2.53. The van der Waals surface area contributed by atoms with Crippen LogP contribution in [0.15, 0.2) is 35.1 Å². The summed E-state index contributed by atoms with van der Waals surface area (Å²) in [4.78, 5) is 21.2. The normalized spacial score (nSPS) is 22.6. The van der Waals surface area contributed by atoms with Crippen molar-refractivity contribution >= 4 is 12.4 Å². The molecule has 0 aromatic carbocycles. The van der Waals surface area contributed by atoms with E-state index in [2.05, 4.69) is 16.9 Å². The number of aromatic nitrogens is 2. The van der Waals surface area contributed by atoms with Crippen LogP contribution < -0.4 is 0 Å². The van der Waals surface area contributed by atoms with Gasteiger partial charge in [0.05, 0.1) is 0 Å². The highest BCUT2D eigenvalue weighted by molar-refractivity contribution is 5.81. The number of imidazole rings is 1. The Hall–Kier alpha value is -1.75. The Labute approximate surface area is 113 Å². The van der Waals surface area contributed by atoms with E-state index in [1.807, 2.05) is 20.8 Å². The van der Waals surface area contributed by atoms with Gasteiger partial charge in [0.1, 0.15) is 23.8 Å². The van der Waals surface area contributed by atoms with E-state index in [9.17, 15) is 4.79 Å². The molecule has 2 rings (SSSR count). The molecule has 0 spiro atoms. The number of amides is 1. The average Bonchev–Trinajstić information content (AvgIpc) is 2.99. The molecule has 0 saturated heterocycles. The van der Waals surface area contributed by atoms with E-state index in [0.29, 0.717) is 0 Å². The maximum Gasteiger partial charge on any atom is 0.439 e. The smallest absolute Gasteiger partial charge is 0.245 e. The second-order valence-corrected chi connectivity index (χ2v) is 5.15. The maximum atomic E-state index is 12.8. The van der Waals surface area contributed by atoms with Crippen LogP contribution in [0.1, 0.15) is 40.5 Å². The largest absolute Gasteiger partial charge is 0.439 e. The van der Waals surface area contributed by atoms with Crippen LogP contribution in [0.3, 0.4) is 0 Å². The number of hydrogen-bond acceptors (Lipinski definition) is 3. The molecule has 0 fully saturated rings. The van der Waals surface area contributed by atoms with Crippen LogP contribution in [0, 0.1) is 0 Å². The van der Waals surface area contributed by atoms with Gasteiger partial charge in [0.15, 0.2) is 0 Å². The molecule has 0 N–H and O–H groups in total. The van der Waals surface area contributed by atoms with Crippen molar-refractivity contribution in [2.24, 2.45) is 4.99 Å². The van der Waals surface area contributed by atoms with Gasteiger partial charge in [0.25, 0.3) is 0 Å². The van der Waals surface area contributed by atoms with Gasteiger partial charge in [0, 0.05) is 19.3 Å². The molecule has 2 heterocycles. The maximum absolute atomic E-state index is 12.8. The van der Waals surface area contributed by atoms with E-state index < -0.39 is 0 Å². The molecule has 0 bridgehead atoms. The minimum Gasteiger partial charge on any atom is -0.245 e. The first kappa shape index (κ1) is 13.7. The molecule has 0 aliphatic carbocycles. The summed E-state index contributed by atoms with van der Waals surface area (Å²) in [6.45, 7) is 8.21. The molecule has 1 aliphatic heterocycles. The van der Waals surface area contributed by atoms with Crippen LogP contribution in [0.25, 0.3) is 0 Å². The van der Waals surface area contributed by atoms with E-state index in [0.717, 1.165) is 24.2 Å². The van der Waals surface area contributed by atoms with Crippen molar-refractivity contribution in [3.05, 3.63) is 30.1 Å². The van der Waals surface area contributed by atoms with Gasteiger partial charge in [0.2, 0.25) is 6.34 Å². The Kier molecular flexibility index (Phi) is 3.66. The van der Waals surface area contributed by atoms with Crippen LogP contribution in [-0.2, 0) is 0 Å². The zero-order valence-corrected chi connectivity index (χ0v) is 12.0. The summed E-state index contributed by atoms with van der Waals surface area (Å²) in [5.41, 5.74) is 2.06. The Morgan fingerprint density at radius 3 is 2.74 bits per heavy atom. The number of allylic oxidation sites excluding steroid dienone is 2. The zero-order valence-electron chi connectivity index (χ0n) is 12.0. The van der Waals surface area contributed by atoms with Crippen LogP contribution in [0.5, 0.6) is 0 Å². The predicted molar refractivity (Wildman–Crippen MR) is 74.5 cm³/mol. The second kappa shape index (κ2) is 5.09. The van der Waals surface area contributed by atoms with Gasteiger partial charge >= 0.3 is 6.03 Å². The molecule has 1 aliphatic rings. The number of nitrogens with zero attached hydrogens (tertiary/aromatic N) is 4. The fraction of sp³-hybridized carbons (Fsp3) is 0.500. The summed E-state index contributed by atoms with van der Waals surface area (Å²) in [5.74, 6) is 0. The molecule has 1 aromatic rings. The monoisotopic (exact) mass is 261 g/mol. The Morgan fingerprint density at radius 2 is 2.21 bits per heavy atom. The minimum atomic E-state index is -0.0279. The Morgan fingerprint density at radius 1 is 1.47 bits per heavy atom. The van der Waals surface area contributed by atoms with Crippen molar-refractivity contribution in [2.45, 2.75) is 46.6 Å². The number of hydrogen-bond donors (Lipinski definition) is 0. The van der Waals surface area contributed by atoms with Crippen LogP contribution >= 0.6 is 0 Å². The van der Waals surface area contributed by atoms with Gasteiger partial charge in [-0.2, -0.15) is 4.48 Å². The van der Waals surface area contributed by atoms with Crippen molar-refractivity contribution in [1.82, 2.24) is 9.55 Å². The molecule has 5 heteroatoms. The van der Waals surface area contributed by atoms with Crippen LogP contribution in [-0.4, -0.2) is 32.4 Å². The lowest BCUT2D eigenvalue weighted by Crippen LogP contribution is -2.55. The summed E-state index contributed by atoms with van der Waals surface area (Å²) in [5, 5.41) is 0. The van der Waals surface area contributed by atoms with Gasteiger partial charge in [-0.15, -0.1) is 0 Å². The molecule has 1 aromatic heterocycles. The van der Waals surface area contributed by atoms with Crippen molar-refractivity contribution < 1.29 is 9.28 Å². The Bertz CT molecular complexity index is 528. The highest BCUT2D eigenvalue weighted by atomic mass is 16.2. The van der Waals surface area contributed by atoms with Gasteiger partial charge < -0.3 is 0 Å². The molecule has 1 unspecified atom stereocenters. The highest BCUT2D eigenvalue weighted by Gasteiger charge is 2.46. The topological polar surface area (TPSA) is 47.2 Å². The number of carbonyl (C=O) groups is 1. The number of quaternary nitrogens is 1. The molecule has 0 radical (unpaired) electrons. The van der Waals surface area contributed by atoms with Crippen molar-refractivity contribution in [2.75, 3.05) is 0 Å². The van der Waals surface area contributed by atoms with Crippen molar-refractivity contribution in [1.29, 1.82) is 0 Å². The molecule has 102 valence electrons. The minimum absolute atomic E-state index is 0.0279. The lowest BCUT2D eigenvalue weighted by molar-refractivity contribution is -0.732. The fourth-order valence-electron chi connectivity index (χ4n) is 2.53. The van der Waals surface area contributed by atoms with Crippen molar-refractivity contribution in [3.8, 4) is 0 Å². The zero-order chi connectivity index (χ0) is 14.0. The van der Waals surface area contributed by atoms with Gasteiger partial charge in [-0.1, -0.05) is 13.3 Å². The molecule has 19 heavy (non-hydrogen) atoms. The lowest BCUT2D eigenvalue weighted by Gasteiger charge is -2.32. The van der Waals surface area contributed by atoms with E-state index in [-0.39, 0.29) is 16.6 Å². The summed E-state index contributed by atoms with van der Waals surface area (Å²) in [6.07, 6.45) is 8.56. The number of aliphatic imine (C=N–C) groups is 1. The third-order valence-electron chi connectivity index (χ3n) is 3.71. The third-order valence-corrected chi connectivity index (χ3v) is 3.71. The predicted octanol–water partition coefficient (Wildman–Crippen LogP) is 3.15. The Balaban J connectivity index is 2.47. The standard InChI is InChI=1S/C14H21N4O/c1-5-6-13-12(4)18(10-16-13,11(2)3)14(19)17-8-7-15-9-17/h7-11H,5-6H2,1-4H3/q+1. The summed E-state index contributed by atoms with van der Waals surface area (Å²) in [6, 6.07) is 0.0767. The van der Waals surface area contributed by atoms with E-state index in [4.69, 9.17) is 0 Å². The van der Waals surface area contributed by atoms with E-state index in [1.165, 1.54) is 4.57 Å². The molecular formula is C14H21N4O+. The average molecular weight is 261 g/mol. The number of carbonyl (C=O) groups excluding carboxylic acids is 1. The lowest BCUT2D eigenvalue weighted by atomic mass is 10.1. The number of rotatable bonds is 3. The SMILES string of the molecule is CCCC1=C(C)[N+](C(=O)n2ccnc2)(C(C)C)C=N1. The second-order valence-electron chi connectivity index (χ2n) is 5.15. The van der Waals surface area contributed by atoms with Gasteiger partial charge in [-0.25, -0.2) is 19.3 Å². The first-order valence-corrected chi connectivity index (χ1v) is 6.70. The third kappa shape index (κ3) is 2.04. The van der Waals surface area contributed by atoms with Crippen LogP contribution in [0.2, 0.25) is 0 Å². The molecule has 1 amide bonds. The molecule has 5 nitrogen and oxygen atoms in total. The van der Waals surface area contributed by atoms with Gasteiger partial charge in [-0.3, -0.25) is 0 Å². The molecule has 0 saturated carbocycles. The van der Waals surface area contributed by atoms with E-state index >= 15 is 0 Å². The van der Waals surface area contributed by atoms with Crippen molar-refractivity contribution in [3.63, 3.8) is 0 Å². The van der Waals surface area contributed by atoms with Crippen LogP contribution in [0.4, 0.5) is 4.79 Å². The summed E-state index contributed by atoms with van der Waals surface area (Å²) < 4.78 is 1.69. The molecule has 1 atom stereocenters. The summed E-state index contributed by atoms with van der Waals surface area (Å²) >= 11 is 0. The van der Waals surface area contributed by atoms with E-state index in [1.54, 1.807) is 25.1 Å². The molecular weight excluding hydrogens is 240 g/mol. The first-order chi connectivity index (χ1) is 9.04.